The predicted molar refractivity (Wildman–Crippen MR) is 37.5 cm³/mol. The fourth-order valence-electron chi connectivity index (χ4n) is 2.57. The highest BCUT2D eigenvalue weighted by Crippen LogP contribution is 2.56. The van der Waals surface area contributed by atoms with E-state index in [4.69, 9.17) is 0 Å². The van der Waals surface area contributed by atoms with Crippen molar-refractivity contribution in [2.45, 2.75) is 43.8 Å². The van der Waals surface area contributed by atoms with Gasteiger partial charge in [0.15, 0.2) is 0 Å². The molecule has 0 amide bonds. The number of hydrogen-bond donors (Lipinski definition) is 2. The first-order valence-corrected chi connectivity index (χ1v) is 4.01. The van der Waals surface area contributed by atoms with Crippen LogP contribution in [0.3, 0.4) is 0 Å². The first-order chi connectivity index (χ1) is 4.56. The summed E-state index contributed by atoms with van der Waals surface area (Å²) in [7, 11) is 0. The molecule has 0 heterocycles. The van der Waals surface area contributed by atoms with Crippen LogP contribution in [-0.2, 0) is 0 Å². The Morgan fingerprint density at radius 2 is 2.10 bits per heavy atom. The van der Waals surface area contributed by atoms with Gasteiger partial charge in [0.05, 0.1) is 11.2 Å². The smallest absolute Gasteiger partial charge is 0.0959 e. The van der Waals surface area contributed by atoms with E-state index in [2.05, 4.69) is 0 Å². The van der Waals surface area contributed by atoms with Crippen LogP contribution in [0.25, 0.3) is 0 Å². The monoisotopic (exact) mass is 142 g/mol. The maximum Gasteiger partial charge on any atom is 0.0959 e. The number of fused-ring (bicyclic) bond motifs is 1. The van der Waals surface area contributed by atoms with Crippen LogP contribution in [0.4, 0.5) is 0 Å². The third-order valence-electron chi connectivity index (χ3n) is 3.36. The average molecular weight is 142 g/mol. The minimum Gasteiger partial charge on any atom is -0.387 e. The van der Waals surface area contributed by atoms with Crippen molar-refractivity contribution in [3.63, 3.8) is 0 Å². The zero-order valence-electron chi connectivity index (χ0n) is 6.30. The molecule has 0 radical (unpaired) electrons. The molecule has 10 heavy (non-hydrogen) atoms. The average Bonchev–Trinajstić information content (AvgIpc) is 2.12. The topological polar surface area (TPSA) is 40.5 Å². The SMILES string of the molecule is C[C@]1(O)CC2CCC[C@@]21O. The van der Waals surface area contributed by atoms with Gasteiger partial charge in [0.1, 0.15) is 0 Å². The van der Waals surface area contributed by atoms with Gasteiger partial charge in [0, 0.05) is 0 Å². The summed E-state index contributed by atoms with van der Waals surface area (Å²) in [5.41, 5.74) is -1.50. The van der Waals surface area contributed by atoms with Gasteiger partial charge >= 0.3 is 0 Å². The van der Waals surface area contributed by atoms with E-state index in [1.54, 1.807) is 6.92 Å². The Kier molecular flexibility index (Phi) is 1.03. The van der Waals surface area contributed by atoms with Crippen LogP contribution in [0, 0.1) is 5.92 Å². The van der Waals surface area contributed by atoms with Crippen LogP contribution in [0.5, 0.6) is 0 Å². The van der Waals surface area contributed by atoms with Crippen LogP contribution >= 0.6 is 0 Å². The van der Waals surface area contributed by atoms with Gasteiger partial charge in [-0.3, -0.25) is 0 Å². The summed E-state index contributed by atoms with van der Waals surface area (Å²) in [4.78, 5) is 0. The van der Waals surface area contributed by atoms with Crippen molar-refractivity contribution in [1.82, 2.24) is 0 Å². The fourth-order valence-corrected chi connectivity index (χ4v) is 2.57. The van der Waals surface area contributed by atoms with E-state index in [1.807, 2.05) is 0 Å². The Balaban J connectivity index is 2.23. The molecule has 0 aromatic heterocycles. The Morgan fingerprint density at radius 1 is 1.40 bits per heavy atom. The van der Waals surface area contributed by atoms with Crippen molar-refractivity contribution in [1.29, 1.82) is 0 Å². The molecule has 0 spiro atoms. The third-order valence-corrected chi connectivity index (χ3v) is 3.36. The second-order valence-electron chi connectivity index (χ2n) is 3.99. The molecule has 2 rings (SSSR count). The summed E-state index contributed by atoms with van der Waals surface area (Å²) in [5, 5.41) is 19.4. The summed E-state index contributed by atoms with van der Waals surface area (Å²) in [6.07, 6.45) is 3.78. The van der Waals surface area contributed by atoms with E-state index in [-0.39, 0.29) is 0 Å². The van der Waals surface area contributed by atoms with E-state index in [0.717, 1.165) is 25.7 Å². The zero-order chi connectivity index (χ0) is 7.41. The summed E-state index contributed by atoms with van der Waals surface area (Å²) in [6.45, 7) is 1.74. The molecule has 58 valence electrons. The van der Waals surface area contributed by atoms with Crippen LogP contribution in [-0.4, -0.2) is 21.4 Å². The zero-order valence-corrected chi connectivity index (χ0v) is 6.30. The first kappa shape index (κ1) is 6.62. The first-order valence-electron chi connectivity index (χ1n) is 4.01. The molecule has 2 nitrogen and oxygen atoms in total. The molecule has 2 fully saturated rings. The molecule has 0 saturated heterocycles. The van der Waals surface area contributed by atoms with E-state index in [1.165, 1.54) is 0 Å². The van der Waals surface area contributed by atoms with Gasteiger partial charge in [-0.05, 0) is 32.1 Å². The van der Waals surface area contributed by atoms with Crippen LogP contribution in [0.1, 0.15) is 32.6 Å². The molecule has 0 aromatic rings. The van der Waals surface area contributed by atoms with Gasteiger partial charge in [0.2, 0.25) is 0 Å². The van der Waals surface area contributed by atoms with Crippen molar-refractivity contribution < 1.29 is 10.2 Å². The molecule has 2 saturated carbocycles. The summed E-state index contributed by atoms with van der Waals surface area (Å²) in [5.74, 6) is 0.391. The largest absolute Gasteiger partial charge is 0.387 e. The standard InChI is InChI=1S/C8H14O2/c1-7(9)5-6-3-2-4-8(6,7)10/h6,9-10H,2-5H2,1H3/t6?,7-,8+/m0/s1. The lowest BCUT2D eigenvalue weighted by Gasteiger charge is -2.53. The van der Waals surface area contributed by atoms with Crippen molar-refractivity contribution >= 4 is 0 Å². The number of rotatable bonds is 0. The maximum atomic E-state index is 9.83. The van der Waals surface area contributed by atoms with Crippen molar-refractivity contribution in [2.24, 2.45) is 5.92 Å². The Morgan fingerprint density at radius 3 is 2.50 bits per heavy atom. The molecule has 1 unspecified atom stereocenters. The van der Waals surface area contributed by atoms with E-state index < -0.39 is 11.2 Å². The van der Waals surface area contributed by atoms with Gasteiger partial charge in [0.25, 0.3) is 0 Å². The van der Waals surface area contributed by atoms with Gasteiger partial charge in [-0.1, -0.05) is 6.42 Å². The minimum atomic E-state index is -0.784. The Hall–Kier alpha value is -0.0800. The van der Waals surface area contributed by atoms with Gasteiger partial charge in [-0.25, -0.2) is 0 Å². The highest BCUT2D eigenvalue weighted by atomic mass is 16.4. The van der Waals surface area contributed by atoms with Gasteiger partial charge in [-0.2, -0.15) is 0 Å². The van der Waals surface area contributed by atoms with Crippen molar-refractivity contribution in [3.8, 4) is 0 Å². The Labute approximate surface area is 60.9 Å². The summed E-state index contributed by atoms with van der Waals surface area (Å²) in [6, 6.07) is 0. The molecular weight excluding hydrogens is 128 g/mol. The molecular formula is C8H14O2. The molecule has 0 aliphatic heterocycles. The third kappa shape index (κ3) is 0.523. The van der Waals surface area contributed by atoms with Gasteiger partial charge < -0.3 is 10.2 Å². The molecule has 0 bridgehead atoms. The number of aliphatic hydroxyl groups is 2. The molecule has 2 heteroatoms. The van der Waals surface area contributed by atoms with Crippen LogP contribution in [0.2, 0.25) is 0 Å². The number of hydrogen-bond acceptors (Lipinski definition) is 2. The molecule has 2 aliphatic carbocycles. The van der Waals surface area contributed by atoms with E-state index in [9.17, 15) is 10.2 Å². The second-order valence-corrected chi connectivity index (χ2v) is 3.99. The summed E-state index contributed by atoms with van der Waals surface area (Å²) >= 11 is 0. The van der Waals surface area contributed by atoms with Crippen molar-refractivity contribution in [2.75, 3.05) is 0 Å². The molecule has 0 aromatic carbocycles. The minimum absolute atomic E-state index is 0.391. The predicted octanol–water partition coefficient (Wildman–Crippen LogP) is 0.672. The molecule has 2 aliphatic rings. The Bertz CT molecular complexity index is 165. The van der Waals surface area contributed by atoms with Gasteiger partial charge in [-0.15, -0.1) is 0 Å². The lowest BCUT2D eigenvalue weighted by Crippen LogP contribution is -2.65. The normalized spacial score (nSPS) is 59.7. The molecule has 2 N–H and O–H groups in total. The highest BCUT2D eigenvalue weighted by Gasteiger charge is 2.63. The lowest BCUT2D eigenvalue weighted by atomic mass is 9.60. The van der Waals surface area contributed by atoms with Crippen LogP contribution in [0.15, 0.2) is 0 Å². The maximum absolute atomic E-state index is 9.83. The fraction of sp³-hybridized carbons (Fsp3) is 1.00. The highest BCUT2D eigenvalue weighted by molar-refractivity contribution is 5.15. The lowest BCUT2D eigenvalue weighted by molar-refractivity contribution is -0.238. The van der Waals surface area contributed by atoms with E-state index in [0.29, 0.717) is 5.92 Å². The summed E-state index contributed by atoms with van der Waals surface area (Å²) < 4.78 is 0. The van der Waals surface area contributed by atoms with Crippen molar-refractivity contribution in [3.05, 3.63) is 0 Å². The second kappa shape index (κ2) is 1.56. The van der Waals surface area contributed by atoms with E-state index >= 15 is 0 Å². The van der Waals surface area contributed by atoms with Crippen LogP contribution < -0.4 is 0 Å². The quantitative estimate of drug-likeness (QED) is 0.522. The molecule has 3 atom stereocenters.